The van der Waals surface area contributed by atoms with E-state index in [1.54, 1.807) is 19.9 Å². The molecule has 29 heavy (non-hydrogen) atoms. The number of anilines is 1. The van der Waals surface area contributed by atoms with Crippen molar-refractivity contribution < 1.29 is 27.5 Å². The fourth-order valence-electron chi connectivity index (χ4n) is 2.47. The first kappa shape index (κ1) is 20.5. The molecule has 152 valence electrons. The quantitative estimate of drug-likeness (QED) is 0.642. The van der Waals surface area contributed by atoms with E-state index >= 15 is 0 Å². The van der Waals surface area contributed by atoms with Crippen LogP contribution in [0.1, 0.15) is 27.6 Å². The van der Waals surface area contributed by atoms with Crippen molar-refractivity contribution in [1.82, 2.24) is 19.6 Å². The summed E-state index contributed by atoms with van der Waals surface area (Å²) in [7, 11) is 0. The predicted octanol–water partition coefficient (Wildman–Crippen LogP) is 3.21. The van der Waals surface area contributed by atoms with Gasteiger partial charge in [-0.1, -0.05) is 11.6 Å². The number of carbonyl (C=O) groups is 2. The van der Waals surface area contributed by atoms with Crippen LogP contribution in [0.5, 0.6) is 0 Å². The van der Waals surface area contributed by atoms with Crippen LogP contribution in [-0.2, 0) is 15.7 Å². The van der Waals surface area contributed by atoms with E-state index < -0.39 is 35.2 Å². The molecule has 0 saturated heterocycles. The fraction of sp³-hybridized carbons (Fsp3) is 0.235. The first-order valence-corrected chi connectivity index (χ1v) is 8.47. The summed E-state index contributed by atoms with van der Waals surface area (Å²) in [5.41, 5.74) is 0.132. The molecule has 3 rings (SSSR count). The average Bonchev–Trinajstić information content (AvgIpc) is 3.05. The molecule has 0 atom stereocenters. The smallest absolute Gasteiger partial charge is 0.417 e. The van der Waals surface area contributed by atoms with Gasteiger partial charge in [-0.25, -0.2) is 14.3 Å². The van der Waals surface area contributed by atoms with Crippen LogP contribution in [0.4, 0.5) is 18.9 Å². The minimum atomic E-state index is -4.68. The highest BCUT2D eigenvalue weighted by atomic mass is 35.5. The standard InChI is InChI=1S/C17H13ClF3N5O3/c1-8-5-9(2)26-16(22-8)24-14(25-26)15(28)29-7-13(27)23-10-3-4-12(18)11(6-10)17(19,20)21/h3-6H,7H2,1-2H3,(H,23,27). The van der Waals surface area contributed by atoms with Gasteiger partial charge in [-0.05, 0) is 38.1 Å². The maximum atomic E-state index is 12.9. The number of hydrogen-bond acceptors (Lipinski definition) is 6. The first-order chi connectivity index (χ1) is 13.5. The minimum absolute atomic E-state index is 0.149. The normalized spacial score (nSPS) is 11.5. The van der Waals surface area contributed by atoms with Crippen molar-refractivity contribution in [3.63, 3.8) is 0 Å². The van der Waals surface area contributed by atoms with Gasteiger partial charge >= 0.3 is 12.1 Å². The Hall–Kier alpha value is -3.21. The predicted molar refractivity (Wildman–Crippen MR) is 95.6 cm³/mol. The number of nitrogens with zero attached hydrogens (tertiary/aromatic N) is 4. The molecule has 0 fully saturated rings. The van der Waals surface area contributed by atoms with E-state index in [0.717, 1.165) is 6.07 Å². The van der Waals surface area contributed by atoms with Gasteiger partial charge in [0.05, 0.1) is 10.6 Å². The van der Waals surface area contributed by atoms with Gasteiger partial charge in [0.15, 0.2) is 6.61 Å². The van der Waals surface area contributed by atoms with Crippen molar-refractivity contribution >= 4 is 34.9 Å². The van der Waals surface area contributed by atoms with Gasteiger partial charge in [0.25, 0.3) is 17.5 Å². The number of halogens is 4. The molecule has 1 amide bonds. The number of alkyl halides is 3. The zero-order valence-electron chi connectivity index (χ0n) is 15.0. The van der Waals surface area contributed by atoms with E-state index in [-0.39, 0.29) is 17.3 Å². The molecule has 2 aromatic heterocycles. The lowest BCUT2D eigenvalue weighted by molar-refractivity contribution is -0.137. The van der Waals surface area contributed by atoms with Gasteiger partial charge in [0.1, 0.15) is 0 Å². The summed E-state index contributed by atoms with van der Waals surface area (Å²) in [6, 6.07) is 4.62. The summed E-state index contributed by atoms with van der Waals surface area (Å²) in [5.74, 6) is -1.93. The second-order valence-corrected chi connectivity index (χ2v) is 6.41. The van der Waals surface area contributed by atoms with Crippen molar-refractivity contribution in [3.05, 3.63) is 52.1 Å². The second kappa shape index (κ2) is 7.66. The van der Waals surface area contributed by atoms with Crippen LogP contribution >= 0.6 is 11.6 Å². The second-order valence-electron chi connectivity index (χ2n) is 6.00. The van der Waals surface area contributed by atoms with Gasteiger partial charge in [-0.15, -0.1) is 5.10 Å². The van der Waals surface area contributed by atoms with Crippen LogP contribution in [0.15, 0.2) is 24.3 Å². The van der Waals surface area contributed by atoms with Gasteiger partial charge in [0.2, 0.25) is 0 Å². The molecule has 0 aliphatic heterocycles. The lowest BCUT2D eigenvalue weighted by Crippen LogP contribution is -2.21. The van der Waals surface area contributed by atoms with Crippen molar-refractivity contribution in [2.45, 2.75) is 20.0 Å². The number of ether oxygens (including phenoxy) is 1. The topological polar surface area (TPSA) is 98.5 Å². The molecule has 3 aromatic rings. The molecular formula is C17H13ClF3N5O3. The average molecular weight is 428 g/mol. The number of rotatable bonds is 4. The molecule has 0 aliphatic rings. The number of carbonyl (C=O) groups excluding carboxylic acids is 2. The number of hydrogen-bond donors (Lipinski definition) is 1. The third-order valence-corrected chi connectivity index (χ3v) is 4.02. The van der Waals surface area contributed by atoms with Crippen LogP contribution in [0.25, 0.3) is 5.78 Å². The van der Waals surface area contributed by atoms with Crippen molar-refractivity contribution in [2.75, 3.05) is 11.9 Å². The molecule has 0 spiro atoms. The Morgan fingerprint density at radius 3 is 2.62 bits per heavy atom. The maximum Gasteiger partial charge on any atom is 0.417 e. The largest absolute Gasteiger partial charge is 0.450 e. The van der Waals surface area contributed by atoms with Gasteiger partial charge in [-0.2, -0.15) is 18.2 Å². The number of nitrogens with one attached hydrogen (secondary N) is 1. The molecule has 0 saturated carbocycles. The van der Waals surface area contributed by atoms with Crippen molar-refractivity contribution in [3.8, 4) is 0 Å². The maximum absolute atomic E-state index is 12.9. The summed E-state index contributed by atoms with van der Waals surface area (Å²) in [6.45, 7) is 2.76. The number of fused-ring (bicyclic) bond motifs is 1. The van der Waals surface area contributed by atoms with E-state index in [9.17, 15) is 22.8 Å². The van der Waals surface area contributed by atoms with Crippen molar-refractivity contribution in [1.29, 1.82) is 0 Å². The van der Waals surface area contributed by atoms with Crippen LogP contribution < -0.4 is 5.32 Å². The monoisotopic (exact) mass is 427 g/mol. The molecule has 2 heterocycles. The summed E-state index contributed by atoms with van der Waals surface area (Å²) in [5, 5.41) is 5.66. The molecule has 0 bridgehead atoms. The van der Waals surface area contributed by atoms with Gasteiger partial charge in [-0.3, -0.25) is 4.79 Å². The van der Waals surface area contributed by atoms with Gasteiger partial charge in [0, 0.05) is 17.1 Å². The molecule has 1 N–H and O–H groups in total. The molecular weight excluding hydrogens is 415 g/mol. The van der Waals surface area contributed by atoms with Crippen LogP contribution in [0.2, 0.25) is 5.02 Å². The zero-order chi connectivity index (χ0) is 21.3. The molecule has 0 radical (unpaired) electrons. The number of amides is 1. The Balaban J connectivity index is 1.65. The van der Waals surface area contributed by atoms with E-state index in [0.29, 0.717) is 17.5 Å². The van der Waals surface area contributed by atoms with E-state index in [4.69, 9.17) is 16.3 Å². The number of benzene rings is 1. The SMILES string of the molecule is Cc1cc(C)n2nc(C(=O)OCC(=O)Nc3ccc(Cl)c(C(F)(F)F)c3)nc2n1. The number of esters is 1. The Labute approximate surface area is 166 Å². The third-order valence-electron chi connectivity index (χ3n) is 3.69. The highest BCUT2D eigenvalue weighted by Gasteiger charge is 2.33. The Kier molecular flexibility index (Phi) is 5.42. The minimum Gasteiger partial charge on any atom is -0.450 e. The Morgan fingerprint density at radius 2 is 1.93 bits per heavy atom. The van der Waals surface area contributed by atoms with E-state index in [1.165, 1.54) is 10.6 Å². The summed E-state index contributed by atoms with van der Waals surface area (Å²) in [4.78, 5) is 32.0. The third kappa shape index (κ3) is 4.62. The molecule has 0 aliphatic carbocycles. The molecule has 8 nitrogen and oxygen atoms in total. The van der Waals surface area contributed by atoms with Gasteiger partial charge < -0.3 is 10.1 Å². The summed E-state index contributed by atoms with van der Waals surface area (Å²) < 4.78 is 44.7. The number of aryl methyl sites for hydroxylation is 2. The summed E-state index contributed by atoms with van der Waals surface area (Å²) in [6.07, 6.45) is -4.68. The van der Waals surface area contributed by atoms with Crippen LogP contribution in [-0.4, -0.2) is 38.1 Å². The lowest BCUT2D eigenvalue weighted by atomic mass is 10.2. The first-order valence-electron chi connectivity index (χ1n) is 8.09. The molecule has 0 unspecified atom stereocenters. The molecule has 1 aromatic carbocycles. The van der Waals surface area contributed by atoms with E-state index in [2.05, 4.69) is 20.4 Å². The fourth-order valence-corrected chi connectivity index (χ4v) is 2.69. The molecule has 12 heteroatoms. The van der Waals surface area contributed by atoms with Crippen molar-refractivity contribution in [2.24, 2.45) is 0 Å². The van der Waals surface area contributed by atoms with E-state index in [1.807, 2.05) is 0 Å². The van der Waals surface area contributed by atoms with Crippen LogP contribution in [0, 0.1) is 13.8 Å². The Bertz CT molecular complexity index is 1110. The Morgan fingerprint density at radius 1 is 1.21 bits per heavy atom. The number of aromatic nitrogens is 4. The highest BCUT2D eigenvalue weighted by Crippen LogP contribution is 2.36. The zero-order valence-corrected chi connectivity index (χ0v) is 15.8. The summed E-state index contributed by atoms with van der Waals surface area (Å²) >= 11 is 5.52. The van der Waals surface area contributed by atoms with Crippen LogP contribution in [0.3, 0.4) is 0 Å². The lowest BCUT2D eigenvalue weighted by Gasteiger charge is -2.11. The highest BCUT2D eigenvalue weighted by molar-refractivity contribution is 6.31.